The van der Waals surface area contributed by atoms with E-state index in [1.54, 1.807) is 13.2 Å². The molecule has 6 heteroatoms. The Morgan fingerprint density at radius 1 is 1.47 bits per heavy atom. The largest absolute Gasteiger partial charge is 0.469 e. The molecule has 94 valence electrons. The number of hydrogen-bond acceptors (Lipinski definition) is 4. The molecule has 1 aromatic heterocycles. The molecule has 0 aliphatic heterocycles. The number of hydrogen-bond donors (Lipinski definition) is 3. The molecule has 1 unspecified atom stereocenters. The van der Waals surface area contributed by atoms with Gasteiger partial charge in [-0.1, -0.05) is 0 Å². The summed E-state index contributed by atoms with van der Waals surface area (Å²) in [4.78, 5) is 22.3. The van der Waals surface area contributed by atoms with Crippen LogP contribution in [0.2, 0.25) is 0 Å². The Hall–Kier alpha value is -1.82. The van der Waals surface area contributed by atoms with Gasteiger partial charge in [-0.25, -0.2) is 4.79 Å². The summed E-state index contributed by atoms with van der Waals surface area (Å²) in [7, 11) is 1.46. The first kappa shape index (κ1) is 13.2. The number of imide groups is 1. The minimum absolute atomic E-state index is 0.358. The van der Waals surface area contributed by atoms with E-state index in [2.05, 4.69) is 16.0 Å². The molecule has 0 fully saturated rings. The molecule has 0 bridgehead atoms. The smallest absolute Gasteiger partial charge is 0.321 e. The summed E-state index contributed by atoms with van der Waals surface area (Å²) in [5.41, 5.74) is 0. The molecule has 0 radical (unpaired) electrons. The molecule has 3 amide bonds. The Kier molecular flexibility index (Phi) is 5.22. The highest BCUT2D eigenvalue weighted by Crippen LogP contribution is 1.99. The van der Waals surface area contributed by atoms with Crippen molar-refractivity contribution in [3.8, 4) is 0 Å². The molecule has 0 saturated carbocycles. The summed E-state index contributed by atoms with van der Waals surface area (Å²) in [6.07, 6.45) is 2.31. The summed E-state index contributed by atoms with van der Waals surface area (Å²) in [6.45, 7) is 2.30. The average Bonchev–Trinajstić information content (AvgIpc) is 2.81. The van der Waals surface area contributed by atoms with Gasteiger partial charge in [-0.3, -0.25) is 10.1 Å². The SMILES string of the molecule is CNC(=O)NC(=O)C(C)NCCc1ccco1. The maximum absolute atomic E-state index is 11.4. The number of nitrogens with one attached hydrogen (secondary N) is 3. The second kappa shape index (κ2) is 6.70. The first-order chi connectivity index (χ1) is 8.13. The van der Waals surface area contributed by atoms with E-state index in [0.717, 1.165) is 5.76 Å². The van der Waals surface area contributed by atoms with Crippen molar-refractivity contribution in [3.63, 3.8) is 0 Å². The molecule has 0 saturated heterocycles. The fraction of sp³-hybridized carbons (Fsp3) is 0.455. The molecule has 17 heavy (non-hydrogen) atoms. The minimum atomic E-state index is -0.505. The van der Waals surface area contributed by atoms with Gasteiger partial charge in [0.25, 0.3) is 0 Å². The van der Waals surface area contributed by atoms with Crippen molar-refractivity contribution >= 4 is 11.9 Å². The summed E-state index contributed by atoms with van der Waals surface area (Å²) >= 11 is 0. The summed E-state index contributed by atoms with van der Waals surface area (Å²) < 4.78 is 5.15. The molecule has 1 atom stereocenters. The van der Waals surface area contributed by atoms with Gasteiger partial charge >= 0.3 is 6.03 Å². The maximum atomic E-state index is 11.4. The lowest BCUT2D eigenvalue weighted by atomic mass is 10.2. The van der Waals surface area contributed by atoms with Crippen LogP contribution in [0.1, 0.15) is 12.7 Å². The Balaban J connectivity index is 2.22. The van der Waals surface area contributed by atoms with Gasteiger partial charge in [0.1, 0.15) is 5.76 Å². The van der Waals surface area contributed by atoms with Gasteiger partial charge in [-0.2, -0.15) is 0 Å². The van der Waals surface area contributed by atoms with Gasteiger partial charge in [0.15, 0.2) is 0 Å². The standard InChI is InChI=1S/C11H17N3O3/c1-8(10(15)14-11(16)12-2)13-6-5-9-4-3-7-17-9/h3-4,7-8,13H,5-6H2,1-2H3,(H2,12,14,15,16). The van der Waals surface area contributed by atoms with Gasteiger partial charge in [-0.15, -0.1) is 0 Å². The van der Waals surface area contributed by atoms with Crippen molar-refractivity contribution in [2.45, 2.75) is 19.4 Å². The number of carbonyl (C=O) groups excluding carboxylic acids is 2. The normalized spacial score (nSPS) is 11.9. The topological polar surface area (TPSA) is 83.4 Å². The number of amides is 3. The Morgan fingerprint density at radius 3 is 2.82 bits per heavy atom. The lowest BCUT2D eigenvalue weighted by molar-refractivity contribution is -0.121. The van der Waals surface area contributed by atoms with E-state index in [-0.39, 0.29) is 5.91 Å². The van der Waals surface area contributed by atoms with E-state index in [0.29, 0.717) is 13.0 Å². The van der Waals surface area contributed by atoms with Gasteiger partial charge in [0.05, 0.1) is 12.3 Å². The fourth-order valence-electron chi connectivity index (χ4n) is 1.24. The van der Waals surface area contributed by atoms with Crippen LogP contribution in [0.15, 0.2) is 22.8 Å². The van der Waals surface area contributed by atoms with Crippen molar-refractivity contribution in [3.05, 3.63) is 24.2 Å². The zero-order chi connectivity index (χ0) is 12.7. The molecule has 3 N–H and O–H groups in total. The summed E-state index contributed by atoms with van der Waals surface area (Å²) in [5, 5.41) is 7.51. The predicted molar refractivity (Wildman–Crippen MR) is 62.5 cm³/mol. The van der Waals surface area contributed by atoms with Crippen LogP contribution < -0.4 is 16.0 Å². The number of carbonyl (C=O) groups is 2. The van der Waals surface area contributed by atoms with Gasteiger partial charge in [-0.05, 0) is 19.1 Å². The van der Waals surface area contributed by atoms with Crippen LogP contribution in [-0.2, 0) is 11.2 Å². The third-order valence-electron chi connectivity index (χ3n) is 2.26. The van der Waals surface area contributed by atoms with Crippen molar-refractivity contribution in [2.24, 2.45) is 0 Å². The third kappa shape index (κ3) is 4.69. The van der Waals surface area contributed by atoms with E-state index in [1.165, 1.54) is 7.05 Å². The maximum Gasteiger partial charge on any atom is 0.321 e. The number of rotatable bonds is 5. The van der Waals surface area contributed by atoms with Gasteiger partial charge in [0.2, 0.25) is 5.91 Å². The number of urea groups is 1. The van der Waals surface area contributed by atoms with Gasteiger partial charge < -0.3 is 15.1 Å². The van der Waals surface area contributed by atoms with Crippen LogP contribution in [-0.4, -0.2) is 31.6 Å². The molecular formula is C11H17N3O3. The van der Waals surface area contributed by atoms with E-state index in [9.17, 15) is 9.59 Å². The Labute approximate surface area is 99.8 Å². The summed E-state index contributed by atoms with van der Waals surface area (Å²) in [5.74, 6) is 0.500. The second-order valence-corrected chi connectivity index (χ2v) is 3.57. The monoisotopic (exact) mass is 239 g/mol. The Bertz CT molecular complexity index is 362. The van der Waals surface area contributed by atoms with Crippen LogP contribution in [0.25, 0.3) is 0 Å². The minimum Gasteiger partial charge on any atom is -0.469 e. The Morgan fingerprint density at radius 2 is 2.24 bits per heavy atom. The quantitative estimate of drug-likeness (QED) is 0.688. The van der Waals surface area contributed by atoms with Crippen LogP contribution >= 0.6 is 0 Å². The zero-order valence-corrected chi connectivity index (χ0v) is 9.95. The highest BCUT2D eigenvalue weighted by molar-refractivity contribution is 5.96. The third-order valence-corrected chi connectivity index (χ3v) is 2.26. The summed E-state index contributed by atoms with van der Waals surface area (Å²) in [6, 6.07) is 2.76. The molecule has 0 aromatic carbocycles. The van der Waals surface area contributed by atoms with Crippen molar-refractivity contribution in [2.75, 3.05) is 13.6 Å². The van der Waals surface area contributed by atoms with Crippen molar-refractivity contribution < 1.29 is 14.0 Å². The van der Waals surface area contributed by atoms with Crippen LogP contribution in [0, 0.1) is 0 Å². The zero-order valence-electron chi connectivity index (χ0n) is 9.95. The molecule has 0 aliphatic carbocycles. The van der Waals surface area contributed by atoms with Crippen molar-refractivity contribution in [1.29, 1.82) is 0 Å². The molecule has 1 heterocycles. The molecular weight excluding hydrogens is 222 g/mol. The van der Waals surface area contributed by atoms with E-state index >= 15 is 0 Å². The van der Waals surface area contributed by atoms with Crippen LogP contribution in [0.3, 0.4) is 0 Å². The first-order valence-corrected chi connectivity index (χ1v) is 5.42. The lowest BCUT2D eigenvalue weighted by Gasteiger charge is -2.12. The van der Waals surface area contributed by atoms with Crippen molar-refractivity contribution in [1.82, 2.24) is 16.0 Å². The van der Waals surface area contributed by atoms with Crippen LogP contribution in [0.5, 0.6) is 0 Å². The van der Waals surface area contributed by atoms with E-state index in [4.69, 9.17) is 4.42 Å². The van der Waals surface area contributed by atoms with Gasteiger partial charge in [0, 0.05) is 20.0 Å². The number of furan rings is 1. The average molecular weight is 239 g/mol. The second-order valence-electron chi connectivity index (χ2n) is 3.57. The first-order valence-electron chi connectivity index (χ1n) is 5.42. The molecule has 6 nitrogen and oxygen atoms in total. The fourth-order valence-corrected chi connectivity index (χ4v) is 1.24. The van der Waals surface area contributed by atoms with E-state index in [1.807, 2.05) is 12.1 Å². The van der Waals surface area contributed by atoms with Crippen LogP contribution in [0.4, 0.5) is 4.79 Å². The predicted octanol–water partition coefficient (Wildman–Crippen LogP) is 0.256. The molecule has 0 aliphatic rings. The lowest BCUT2D eigenvalue weighted by Crippen LogP contribution is -2.47. The highest BCUT2D eigenvalue weighted by Gasteiger charge is 2.14. The highest BCUT2D eigenvalue weighted by atomic mass is 16.3. The molecule has 1 aromatic rings. The van der Waals surface area contributed by atoms with E-state index < -0.39 is 12.1 Å². The molecule has 1 rings (SSSR count). The molecule has 0 spiro atoms.